The van der Waals surface area contributed by atoms with Gasteiger partial charge in [0, 0.05) is 33.1 Å². The number of hydrogen-bond donors (Lipinski definition) is 1. The molecule has 0 atom stereocenters. The van der Waals surface area contributed by atoms with Gasteiger partial charge in [-0.15, -0.1) is 11.8 Å². The molecule has 1 aromatic heterocycles. The molecule has 0 radical (unpaired) electrons. The van der Waals surface area contributed by atoms with E-state index in [1.807, 2.05) is 11.8 Å². The van der Waals surface area contributed by atoms with Crippen molar-refractivity contribution < 1.29 is 9.59 Å². The topological polar surface area (TPSA) is 79.5 Å². The van der Waals surface area contributed by atoms with Crippen LogP contribution in [0.1, 0.15) is 12.6 Å². The number of rotatable bonds is 3. The van der Waals surface area contributed by atoms with Crippen LogP contribution in [-0.4, -0.2) is 58.5 Å². The first-order valence-electron chi connectivity index (χ1n) is 6.36. The zero-order valence-electron chi connectivity index (χ0n) is 11.6. The van der Waals surface area contributed by atoms with Gasteiger partial charge < -0.3 is 15.5 Å². The number of nitrogen functional groups attached to an aromatic ring is 1. The third-order valence-electron chi connectivity index (χ3n) is 3.18. The molecule has 0 aromatic carbocycles. The minimum absolute atomic E-state index is 0.0715. The highest BCUT2D eigenvalue weighted by Gasteiger charge is 2.22. The first-order chi connectivity index (χ1) is 9.47. The summed E-state index contributed by atoms with van der Waals surface area (Å²) in [6.07, 6.45) is 0. The number of nitrogens with two attached hydrogens (primary N) is 1. The average Bonchev–Trinajstić information content (AvgIpc) is 2.74. The molecule has 0 spiro atoms. The molecule has 0 aliphatic carbocycles. The van der Waals surface area contributed by atoms with Crippen LogP contribution in [0.3, 0.4) is 0 Å². The predicted molar refractivity (Wildman–Crippen MR) is 80.8 cm³/mol. The smallest absolute Gasteiger partial charge is 0.233 e. The highest BCUT2D eigenvalue weighted by molar-refractivity contribution is 8.01. The first-order valence-corrected chi connectivity index (χ1v) is 8.16. The lowest BCUT2D eigenvalue weighted by atomic mass is 10.3. The molecule has 2 heterocycles. The van der Waals surface area contributed by atoms with Crippen LogP contribution < -0.4 is 5.73 Å². The standard InChI is InChI=1S/C12H18N4O2S2/c1-8-11(20-12(13)14-8)19-7-10(18)16-5-3-15(4-6-16)9(2)17/h3-7H2,1-2H3,(H2,13,14). The first kappa shape index (κ1) is 15.1. The van der Waals surface area contributed by atoms with Crippen molar-refractivity contribution in [2.24, 2.45) is 0 Å². The summed E-state index contributed by atoms with van der Waals surface area (Å²) < 4.78 is 0.998. The molecule has 0 unspecified atom stereocenters. The molecule has 2 amide bonds. The summed E-state index contributed by atoms with van der Waals surface area (Å²) in [6, 6.07) is 0. The van der Waals surface area contributed by atoms with Gasteiger partial charge in [0.15, 0.2) is 5.13 Å². The van der Waals surface area contributed by atoms with Crippen molar-refractivity contribution in [3.63, 3.8) is 0 Å². The van der Waals surface area contributed by atoms with Crippen molar-refractivity contribution in [2.75, 3.05) is 37.7 Å². The summed E-state index contributed by atoms with van der Waals surface area (Å²) in [5, 5.41) is 0.535. The van der Waals surface area contributed by atoms with Crippen molar-refractivity contribution >= 4 is 40.0 Å². The zero-order chi connectivity index (χ0) is 14.7. The molecule has 2 N–H and O–H groups in total. The summed E-state index contributed by atoms with van der Waals surface area (Å²) in [4.78, 5) is 31.1. The number of piperazine rings is 1. The van der Waals surface area contributed by atoms with E-state index < -0.39 is 0 Å². The number of amides is 2. The van der Waals surface area contributed by atoms with Gasteiger partial charge in [-0.05, 0) is 6.92 Å². The second-order valence-electron chi connectivity index (χ2n) is 4.60. The molecule has 2 rings (SSSR count). The van der Waals surface area contributed by atoms with Gasteiger partial charge in [-0.25, -0.2) is 4.98 Å². The Morgan fingerprint density at radius 3 is 2.40 bits per heavy atom. The van der Waals surface area contributed by atoms with Crippen molar-refractivity contribution in [3.05, 3.63) is 5.69 Å². The van der Waals surface area contributed by atoms with Crippen LogP contribution >= 0.6 is 23.1 Å². The Balaban J connectivity index is 1.81. The lowest BCUT2D eigenvalue weighted by molar-refractivity contribution is -0.136. The maximum atomic E-state index is 12.1. The lowest BCUT2D eigenvalue weighted by Gasteiger charge is -2.34. The highest BCUT2D eigenvalue weighted by Crippen LogP contribution is 2.30. The van der Waals surface area contributed by atoms with Crippen molar-refractivity contribution in [1.29, 1.82) is 0 Å². The molecule has 0 saturated carbocycles. The Bertz CT molecular complexity index is 510. The Labute approximate surface area is 126 Å². The normalized spacial score (nSPS) is 15.5. The molecule has 8 heteroatoms. The Hall–Kier alpha value is -1.28. The van der Waals surface area contributed by atoms with Crippen LogP contribution in [0.15, 0.2) is 4.21 Å². The van der Waals surface area contributed by atoms with Gasteiger partial charge in [-0.2, -0.15) is 0 Å². The van der Waals surface area contributed by atoms with Gasteiger partial charge in [0.2, 0.25) is 11.8 Å². The SMILES string of the molecule is CC(=O)N1CCN(C(=O)CSc2sc(N)nc2C)CC1. The molecule has 0 bridgehead atoms. The van der Waals surface area contributed by atoms with Crippen LogP contribution in [0, 0.1) is 6.92 Å². The zero-order valence-corrected chi connectivity index (χ0v) is 13.2. The second kappa shape index (κ2) is 6.45. The summed E-state index contributed by atoms with van der Waals surface area (Å²) in [5.41, 5.74) is 6.51. The molecule has 1 saturated heterocycles. The molecular formula is C12H18N4O2S2. The van der Waals surface area contributed by atoms with Gasteiger partial charge >= 0.3 is 0 Å². The molecule has 20 heavy (non-hydrogen) atoms. The van der Waals surface area contributed by atoms with Crippen LogP contribution in [-0.2, 0) is 9.59 Å². The van der Waals surface area contributed by atoms with E-state index in [2.05, 4.69) is 4.98 Å². The molecule has 1 aromatic rings. The number of anilines is 1. The fraction of sp³-hybridized carbons (Fsp3) is 0.583. The van der Waals surface area contributed by atoms with Gasteiger partial charge in [0.25, 0.3) is 0 Å². The number of aryl methyl sites for hydroxylation is 1. The molecule has 1 aliphatic rings. The number of carbonyl (C=O) groups is 2. The Morgan fingerprint density at radius 1 is 1.30 bits per heavy atom. The van der Waals surface area contributed by atoms with Crippen molar-refractivity contribution in [1.82, 2.24) is 14.8 Å². The maximum Gasteiger partial charge on any atom is 0.233 e. The number of nitrogens with zero attached hydrogens (tertiary/aromatic N) is 3. The van der Waals surface area contributed by atoms with E-state index in [9.17, 15) is 9.59 Å². The van der Waals surface area contributed by atoms with Crippen molar-refractivity contribution in [2.45, 2.75) is 18.1 Å². The summed E-state index contributed by atoms with van der Waals surface area (Å²) in [6.45, 7) is 5.93. The number of thiazole rings is 1. The van der Waals surface area contributed by atoms with Crippen molar-refractivity contribution in [3.8, 4) is 0 Å². The quantitative estimate of drug-likeness (QED) is 0.836. The van der Waals surface area contributed by atoms with Gasteiger partial charge in [-0.3, -0.25) is 9.59 Å². The minimum Gasteiger partial charge on any atom is -0.375 e. The van der Waals surface area contributed by atoms with Crippen LogP contribution in [0.5, 0.6) is 0 Å². The molecule has 6 nitrogen and oxygen atoms in total. The molecule has 110 valence electrons. The highest BCUT2D eigenvalue weighted by atomic mass is 32.2. The van der Waals surface area contributed by atoms with Gasteiger partial charge in [-0.1, -0.05) is 11.3 Å². The van der Waals surface area contributed by atoms with E-state index in [0.717, 1.165) is 9.90 Å². The maximum absolute atomic E-state index is 12.1. The van der Waals surface area contributed by atoms with E-state index >= 15 is 0 Å². The van der Waals surface area contributed by atoms with Crippen LogP contribution in [0.25, 0.3) is 0 Å². The largest absolute Gasteiger partial charge is 0.375 e. The number of carbonyl (C=O) groups excluding carboxylic acids is 2. The summed E-state index contributed by atoms with van der Waals surface area (Å²) in [5.74, 6) is 0.564. The van der Waals surface area contributed by atoms with E-state index in [1.165, 1.54) is 23.1 Å². The number of thioether (sulfide) groups is 1. The van der Waals surface area contributed by atoms with Gasteiger partial charge in [0.05, 0.1) is 15.7 Å². The minimum atomic E-state index is 0.0715. The lowest BCUT2D eigenvalue weighted by Crippen LogP contribution is -2.50. The van der Waals surface area contributed by atoms with E-state index in [-0.39, 0.29) is 11.8 Å². The average molecular weight is 314 g/mol. The fourth-order valence-electron chi connectivity index (χ4n) is 2.03. The monoisotopic (exact) mass is 314 g/mol. The third-order valence-corrected chi connectivity index (χ3v) is 5.51. The predicted octanol–water partition coefficient (Wildman–Crippen LogP) is 0.817. The molecule has 1 fully saturated rings. The van der Waals surface area contributed by atoms with E-state index in [4.69, 9.17) is 5.73 Å². The summed E-state index contributed by atoms with van der Waals surface area (Å²) >= 11 is 2.89. The summed E-state index contributed by atoms with van der Waals surface area (Å²) in [7, 11) is 0. The Kier molecular flexibility index (Phi) is 4.87. The Morgan fingerprint density at radius 2 is 1.90 bits per heavy atom. The third kappa shape index (κ3) is 3.63. The molecule has 1 aliphatic heterocycles. The number of hydrogen-bond acceptors (Lipinski definition) is 6. The second-order valence-corrected chi connectivity index (χ2v) is 6.88. The van der Waals surface area contributed by atoms with E-state index in [0.29, 0.717) is 37.1 Å². The van der Waals surface area contributed by atoms with Gasteiger partial charge in [0.1, 0.15) is 0 Å². The number of aromatic nitrogens is 1. The van der Waals surface area contributed by atoms with Crippen LogP contribution in [0.2, 0.25) is 0 Å². The van der Waals surface area contributed by atoms with E-state index in [1.54, 1.807) is 11.8 Å². The fourth-order valence-corrected chi connectivity index (χ4v) is 3.95. The van der Waals surface area contributed by atoms with Crippen LogP contribution in [0.4, 0.5) is 5.13 Å². The molecular weight excluding hydrogens is 296 g/mol.